The number of hydrogen-bond donors (Lipinski definition) is 1. The monoisotopic (exact) mass is 261 g/mol. The van der Waals surface area contributed by atoms with Crippen LogP contribution in [0.3, 0.4) is 0 Å². The molecule has 1 aliphatic carbocycles. The second kappa shape index (κ2) is 7.54. The molecule has 0 bridgehead atoms. The Morgan fingerprint density at radius 2 is 2.00 bits per heavy atom. The number of nitrogens with one attached hydrogen (secondary N) is 1. The first kappa shape index (κ1) is 14.4. The van der Waals surface area contributed by atoms with Crippen molar-refractivity contribution in [3.8, 4) is 0 Å². The van der Waals surface area contributed by atoms with Crippen LogP contribution in [0.15, 0.2) is 24.3 Å². The Hall–Kier alpha value is -1.02. The summed E-state index contributed by atoms with van der Waals surface area (Å²) in [6.07, 6.45) is 7.06. The Bertz CT molecular complexity index is 360. The van der Waals surface area contributed by atoms with Crippen molar-refractivity contribution in [2.45, 2.75) is 52.1 Å². The minimum absolute atomic E-state index is 0.499. The van der Waals surface area contributed by atoms with Gasteiger partial charge in [0.2, 0.25) is 0 Å². The molecule has 0 spiro atoms. The summed E-state index contributed by atoms with van der Waals surface area (Å²) in [6.45, 7) is 6.12. The normalized spacial score (nSPS) is 23.3. The van der Waals surface area contributed by atoms with Crippen LogP contribution in [0.4, 0.5) is 5.69 Å². The summed E-state index contributed by atoms with van der Waals surface area (Å²) in [6, 6.07) is 8.53. The molecule has 1 aliphatic rings. The fraction of sp³-hybridized carbons (Fsp3) is 0.647. The van der Waals surface area contributed by atoms with E-state index < -0.39 is 0 Å². The lowest BCUT2D eigenvalue weighted by molar-refractivity contribution is 0.0181. The van der Waals surface area contributed by atoms with E-state index in [1.807, 2.05) is 0 Å². The van der Waals surface area contributed by atoms with E-state index >= 15 is 0 Å². The number of rotatable bonds is 6. The van der Waals surface area contributed by atoms with Crippen molar-refractivity contribution in [2.75, 3.05) is 18.5 Å². The number of benzene rings is 1. The molecule has 2 atom stereocenters. The molecule has 0 aliphatic heterocycles. The van der Waals surface area contributed by atoms with Gasteiger partial charge in [0.05, 0.1) is 12.7 Å². The van der Waals surface area contributed by atoms with E-state index in [4.69, 9.17) is 4.74 Å². The summed E-state index contributed by atoms with van der Waals surface area (Å²) in [5.41, 5.74) is 2.49. The Labute approximate surface area is 117 Å². The van der Waals surface area contributed by atoms with Crippen LogP contribution in [-0.4, -0.2) is 19.3 Å². The predicted molar refractivity (Wildman–Crippen MR) is 81.7 cm³/mol. The molecule has 1 fully saturated rings. The standard InChI is InChI=1S/C17H27NO/c1-3-15-5-4-6-17(13-15)19-12-11-18-16-9-7-14(2)8-10-16/h7-10,15,17-18H,3-6,11-13H2,1-2H3. The molecule has 1 aromatic carbocycles. The van der Waals surface area contributed by atoms with E-state index in [1.54, 1.807) is 0 Å². The topological polar surface area (TPSA) is 21.3 Å². The van der Waals surface area contributed by atoms with Gasteiger partial charge < -0.3 is 10.1 Å². The quantitative estimate of drug-likeness (QED) is 0.767. The SMILES string of the molecule is CCC1CCCC(OCCNc2ccc(C)cc2)C1. The van der Waals surface area contributed by atoms with Gasteiger partial charge in [-0.15, -0.1) is 0 Å². The van der Waals surface area contributed by atoms with Crippen molar-refractivity contribution < 1.29 is 4.74 Å². The van der Waals surface area contributed by atoms with Gasteiger partial charge in [-0.3, -0.25) is 0 Å². The molecule has 1 N–H and O–H groups in total. The third-order valence-electron chi connectivity index (χ3n) is 4.15. The summed E-state index contributed by atoms with van der Waals surface area (Å²) in [5, 5.41) is 3.41. The van der Waals surface area contributed by atoms with E-state index in [2.05, 4.69) is 43.4 Å². The molecule has 1 aromatic rings. The second-order valence-corrected chi connectivity index (χ2v) is 5.73. The molecule has 0 heterocycles. The zero-order valence-corrected chi connectivity index (χ0v) is 12.3. The molecule has 2 rings (SSSR count). The first-order valence-corrected chi connectivity index (χ1v) is 7.70. The van der Waals surface area contributed by atoms with Gasteiger partial charge in [-0.1, -0.05) is 43.9 Å². The maximum atomic E-state index is 6.00. The Morgan fingerprint density at radius 3 is 2.74 bits per heavy atom. The summed E-state index contributed by atoms with van der Waals surface area (Å²) >= 11 is 0. The maximum absolute atomic E-state index is 6.00. The lowest BCUT2D eigenvalue weighted by Crippen LogP contribution is -2.24. The molecule has 2 unspecified atom stereocenters. The molecule has 106 valence electrons. The van der Waals surface area contributed by atoms with Crippen molar-refractivity contribution in [2.24, 2.45) is 5.92 Å². The van der Waals surface area contributed by atoms with Gasteiger partial charge in [0.1, 0.15) is 0 Å². The van der Waals surface area contributed by atoms with Gasteiger partial charge in [-0.25, -0.2) is 0 Å². The molecular weight excluding hydrogens is 234 g/mol. The van der Waals surface area contributed by atoms with Crippen molar-refractivity contribution in [1.82, 2.24) is 0 Å². The van der Waals surface area contributed by atoms with Crippen LogP contribution in [0.2, 0.25) is 0 Å². The van der Waals surface area contributed by atoms with Crippen molar-refractivity contribution in [3.05, 3.63) is 29.8 Å². The highest BCUT2D eigenvalue weighted by molar-refractivity contribution is 5.44. The van der Waals surface area contributed by atoms with Crippen molar-refractivity contribution in [1.29, 1.82) is 0 Å². The average Bonchev–Trinajstić information content (AvgIpc) is 2.46. The van der Waals surface area contributed by atoms with Crippen LogP contribution in [0.1, 0.15) is 44.6 Å². The van der Waals surface area contributed by atoms with Gasteiger partial charge in [0, 0.05) is 12.2 Å². The molecule has 0 aromatic heterocycles. The number of ether oxygens (including phenoxy) is 1. The summed E-state index contributed by atoms with van der Waals surface area (Å²) in [4.78, 5) is 0. The molecule has 1 saturated carbocycles. The molecular formula is C17H27NO. The van der Waals surface area contributed by atoms with E-state index in [0.717, 1.165) is 19.1 Å². The van der Waals surface area contributed by atoms with E-state index in [0.29, 0.717) is 6.10 Å². The highest BCUT2D eigenvalue weighted by Crippen LogP contribution is 2.28. The van der Waals surface area contributed by atoms with E-state index in [9.17, 15) is 0 Å². The third-order valence-corrected chi connectivity index (χ3v) is 4.15. The first-order valence-electron chi connectivity index (χ1n) is 7.70. The van der Waals surface area contributed by atoms with Crippen LogP contribution in [0, 0.1) is 12.8 Å². The molecule has 0 saturated heterocycles. The minimum atomic E-state index is 0.499. The Balaban J connectivity index is 1.62. The van der Waals surface area contributed by atoms with Gasteiger partial charge in [-0.2, -0.15) is 0 Å². The number of hydrogen-bond acceptors (Lipinski definition) is 2. The maximum Gasteiger partial charge on any atom is 0.0642 e. The highest BCUT2D eigenvalue weighted by Gasteiger charge is 2.20. The molecule has 2 heteroatoms. The minimum Gasteiger partial charge on any atom is -0.383 e. The predicted octanol–water partition coefficient (Wildman–Crippen LogP) is 4.39. The van der Waals surface area contributed by atoms with Gasteiger partial charge in [0.15, 0.2) is 0 Å². The number of aryl methyl sites for hydroxylation is 1. The van der Waals surface area contributed by atoms with E-state index in [-0.39, 0.29) is 0 Å². The zero-order chi connectivity index (χ0) is 13.5. The smallest absolute Gasteiger partial charge is 0.0642 e. The van der Waals surface area contributed by atoms with Crippen LogP contribution >= 0.6 is 0 Å². The summed E-state index contributed by atoms with van der Waals surface area (Å²) in [5.74, 6) is 0.892. The van der Waals surface area contributed by atoms with Crippen LogP contribution in [0.25, 0.3) is 0 Å². The first-order chi connectivity index (χ1) is 9.28. The zero-order valence-electron chi connectivity index (χ0n) is 12.3. The van der Waals surface area contributed by atoms with Crippen molar-refractivity contribution >= 4 is 5.69 Å². The summed E-state index contributed by atoms with van der Waals surface area (Å²) < 4.78 is 6.00. The molecule has 0 amide bonds. The van der Waals surface area contributed by atoms with Crippen molar-refractivity contribution in [3.63, 3.8) is 0 Å². The Morgan fingerprint density at radius 1 is 1.21 bits per heavy atom. The van der Waals surface area contributed by atoms with Gasteiger partial charge >= 0.3 is 0 Å². The third kappa shape index (κ3) is 4.87. The average molecular weight is 261 g/mol. The largest absolute Gasteiger partial charge is 0.383 e. The molecule has 0 radical (unpaired) electrons. The second-order valence-electron chi connectivity index (χ2n) is 5.73. The van der Waals surface area contributed by atoms with E-state index in [1.165, 1.54) is 43.4 Å². The fourth-order valence-corrected chi connectivity index (χ4v) is 2.86. The lowest BCUT2D eigenvalue weighted by Gasteiger charge is -2.28. The van der Waals surface area contributed by atoms with Gasteiger partial charge in [0.25, 0.3) is 0 Å². The molecule has 19 heavy (non-hydrogen) atoms. The van der Waals surface area contributed by atoms with Crippen LogP contribution in [-0.2, 0) is 4.74 Å². The summed E-state index contributed by atoms with van der Waals surface area (Å²) in [7, 11) is 0. The lowest BCUT2D eigenvalue weighted by atomic mass is 9.85. The fourth-order valence-electron chi connectivity index (χ4n) is 2.86. The Kier molecular flexibility index (Phi) is 5.71. The molecule has 2 nitrogen and oxygen atoms in total. The van der Waals surface area contributed by atoms with Crippen LogP contribution in [0.5, 0.6) is 0 Å². The number of anilines is 1. The van der Waals surface area contributed by atoms with Gasteiger partial charge in [-0.05, 0) is 37.8 Å². The van der Waals surface area contributed by atoms with Crippen LogP contribution < -0.4 is 5.32 Å². The highest BCUT2D eigenvalue weighted by atomic mass is 16.5.